The molecular formula is C15H19NO. The molecule has 2 heterocycles. The lowest BCUT2D eigenvalue weighted by atomic mass is 9.71. The summed E-state index contributed by atoms with van der Waals surface area (Å²) in [7, 11) is 0. The number of carbonyl (C=O) groups is 1. The number of fused-ring (bicyclic) bond motifs is 2. The molecule has 2 saturated heterocycles. The number of carbonyl (C=O) groups excluding carboxylic acids is 1. The average molecular weight is 229 g/mol. The second kappa shape index (κ2) is 4.61. The molecule has 3 fully saturated rings. The molecule has 0 radical (unpaired) electrons. The lowest BCUT2D eigenvalue weighted by Crippen LogP contribution is -2.49. The van der Waals surface area contributed by atoms with Gasteiger partial charge in [0.25, 0.3) is 0 Å². The van der Waals surface area contributed by atoms with Crippen LogP contribution in [0, 0.1) is 11.8 Å². The summed E-state index contributed by atoms with van der Waals surface area (Å²) in [6, 6.07) is 7.95. The van der Waals surface area contributed by atoms with Gasteiger partial charge in [-0.25, -0.2) is 0 Å². The second-order valence-corrected chi connectivity index (χ2v) is 5.53. The topological polar surface area (TPSA) is 20.3 Å². The SMILES string of the molecule is O=Cc1ccccc1CCN1CC2CC(C2)C1. The van der Waals surface area contributed by atoms with Crippen molar-refractivity contribution in [3.05, 3.63) is 35.4 Å². The van der Waals surface area contributed by atoms with Crippen molar-refractivity contribution in [3.63, 3.8) is 0 Å². The van der Waals surface area contributed by atoms with Crippen molar-refractivity contribution >= 4 is 6.29 Å². The van der Waals surface area contributed by atoms with E-state index in [0.717, 1.165) is 36.7 Å². The predicted octanol–water partition coefficient (Wildman–Crippen LogP) is 2.38. The number of hydrogen-bond acceptors (Lipinski definition) is 2. The Labute approximate surface area is 103 Å². The van der Waals surface area contributed by atoms with Crippen LogP contribution in [0.3, 0.4) is 0 Å². The monoisotopic (exact) mass is 229 g/mol. The van der Waals surface area contributed by atoms with Crippen LogP contribution in [0.1, 0.15) is 28.8 Å². The molecule has 4 rings (SSSR count). The van der Waals surface area contributed by atoms with E-state index < -0.39 is 0 Å². The zero-order chi connectivity index (χ0) is 11.7. The highest BCUT2D eigenvalue weighted by molar-refractivity contribution is 5.77. The molecule has 0 unspecified atom stereocenters. The summed E-state index contributed by atoms with van der Waals surface area (Å²) in [5.41, 5.74) is 2.05. The van der Waals surface area contributed by atoms with E-state index in [-0.39, 0.29) is 0 Å². The first-order valence-corrected chi connectivity index (χ1v) is 6.60. The lowest BCUT2D eigenvalue weighted by molar-refractivity contribution is 0.0284. The third-order valence-electron chi connectivity index (χ3n) is 4.25. The third-order valence-corrected chi connectivity index (χ3v) is 4.25. The minimum atomic E-state index is 0.856. The molecule has 0 aromatic heterocycles. The fourth-order valence-corrected chi connectivity index (χ4v) is 3.31. The molecular weight excluding hydrogens is 210 g/mol. The molecule has 3 aliphatic rings. The molecule has 1 aliphatic carbocycles. The Kier molecular flexibility index (Phi) is 2.98. The van der Waals surface area contributed by atoms with Gasteiger partial charge in [-0.3, -0.25) is 4.79 Å². The predicted molar refractivity (Wildman–Crippen MR) is 68.2 cm³/mol. The number of nitrogens with zero attached hydrogens (tertiary/aromatic N) is 1. The van der Waals surface area contributed by atoms with E-state index in [0.29, 0.717) is 0 Å². The number of piperidine rings is 2. The van der Waals surface area contributed by atoms with Crippen molar-refractivity contribution in [2.45, 2.75) is 19.3 Å². The first-order chi connectivity index (χ1) is 8.35. The van der Waals surface area contributed by atoms with Gasteiger partial charge in [0, 0.05) is 25.2 Å². The summed E-state index contributed by atoms with van der Waals surface area (Å²) in [6.45, 7) is 3.66. The molecule has 2 aliphatic heterocycles. The van der Waals surface area contributed by atoms with Gasteiger partial charge in [0.1, 0.15) is 6.29 Å². The Morgan fingerprint density at radius 2 is 1.88 bits per heavy atom. The number of aldehydes is 1. The summed E-state index contributed by atoms with van der Waals surface area (Å²) < 4.78 is 0. The molecule has 2 heteroatoms. The number of rotatable bonds is 4. The van der Waals surface area contributed by atoms with Gasteiger partial charge in [-0.1, -0.05) is 24.3 Å². The van der Waals surface area contributed by atoms with Gasteiger partial charge in [-0.15, -0.1) is 0 Å². The summed E-state index contributed by atoms with van der Waals surface area (Å²) in [4.78, 5) is 13.5. The van der Waals surface area contributed by atoms with Crippen molar-refractivity contribution in [2.75, 3.05) is 19.6 Å². The molecule has 0 amide bonds. The van der Waals surface area contributed by atoms with Crippen molar-refractivity contribution in [2.24, 2.45) is 11.8 Å². The van der Waals surface area contributed by atoms with Gasteiger partial charge in [0.15, 0.2) is 0 Å². The first kappa shape index (κ1) is 11.0. The number of benzene rings is 1. The Morgan fingerprint density at radius 3 is 2.59 bits per heavy atom. The van der Waals surface area contributed by atoms with Crippen LogP contribution < -0.4 is 0 Å². The van der Waals surface area contributed by atoms with Crippen LogP contribution in [0.15, 0.2) is 24.3 Å². The van der Waals surface area contributed by atoms with E-state index in [1.54, 1.807) is 0 Å². The first-order valence-electron chi connectivity index (χ1n) is 6.60. The van der Waals surface area contributed by atoms with Crippen LogP contribution in [0.5, 0.6) is 0 Å². The van der Waals surface area contributed by atoms with Gasteiger partial charge < -0.3 is 4.90 Å². The fraction of sp³-hybridized carbons (Fsp3) is 0.533. The maximum absolute atomic E-state index is 10.9. The van der Waals surface area contributed by atoms with E-state index >= 15 is 0 Å². The number of hydrogen-bond donors (Lipinski definition) is 0. The zero-order valence-electron chi connectivity index (χ0n) is 10.1. The van der Waals surface area contributed by atoms with E-state index in [4.69, 9.17) is 0 Å². The van der Waals surface area contributed by atoms with Crippen LogP contribution in [0.2, 0.25) is 0 Å². The van der Waals surface area contributed by atoms with E-state index in [1.165, 1.54) is 31.5 Å². The maximum atomic E-state index is 10.9. The Bertz CT molecular complexity index is 399. The quantitative estimate of drug-likeness (QED) is 0.739. The van der Waals surface area contributed by atoms with Crippen molar-refractivity contribution in [1.29, 1.82) is 0 Å². The van der Waals surface area contributed by atoms with Crippen LogP contribution in [0.25, 0.3) is 0 Å². The summed E-state index contributed by atoms with van der Waals surface area (Å²) in [6.07, 6.45) is 4.90. The highest BCUT2D eigenvalue weighted by Gasteiger charge is 2.36. The second-order valence-electron chi connectivity index (χ2n) is 5.53. The van der Waals surface area contributed by atoms with Crippen molar-refractivity contribution < 1.29 is 4.79 Å². The maximum Gasteiger partial charge on any atom is 0.150 e. The third kappa shape index (κ3) is 2.27. The molecule has 1 aromatic rings. The van der Waals surface area contributed by atoms with E-state index in [2.05, 4.69) is 11.0 Å². The largest absolute Gasteiger partial charge is 0.302 e. The molecule has 90 valence electrons. The Balaban J connectivity index is 1.58. The molecule has 0 N–H and O–H groups in total. The molecule has 0 spiro atoms. The van der Waals surface area contributed by atoms with Crippen LogP contribution in [0.4, 0.5) is 0 Å². The highest BCUT2D eigenvalue weighted by Crippen LogP contribution is 2.39. The van der Waals surface area contributed by atoms with Gasteiger partial charge in [0.2, 0.25) is 0 Å². The van der Waals surface area contributed by atoms with E-state index in [9.17, 15) is 4.79 Å². The van der Waals surface area contributed by atoms with Crippen LogP contribution in [-0.2, 0) is 6.42 Å². The van der Waals surface area contributed by atoms with E-state index in [1.807, 2.05) is 18.2 Å². The molecule has 17 heavy (non-hydrogen) atoms. The van der Waals surface area contributed by atoms with Gasteiger partial charge in [-0.05, 0) is 36.7 Å². The average Bonchev–Trinajstić information content (AvgIpc) is 2.36. The normalized spacial score (nSPS) is 27.5. The standard InChI is InChI=1S/C15H19NO/c17-11-15-4-2-1-3-14(15)5-6-16-9-12-7-13(8-12)10-16/h1-4,11-13H,5-10H2. The Hall–Kier alpha value is -1.15. The van der Waals surface area contributed by atoms with Crippen molar-refractivity contribution in [1.82, 2.24) is 4.90 Å². The van der Waals surface area contributed by atoms with Crippen LogP contribution in [-0.4, -0.2) is 30.8 Å². The zero-order valence-corrected chi connectivity index (χ0v) is 10.1. The highest BCUT2D eigenvalue weighted by atomic mass is 16.1. The van der Waals surface area contributed by atoms with Gasteiger partial charge >= 0.3 is 0 Å². The molecule has 0 atom stereocenters. The smallest absolute Gasteiger partial charge is 0.150 e. The lowest BCUT2D eigenvalue weighted by Gasteiger charge is -2.47. The Morgan fingerprint density at radius 1 is 1.18 bits per heavy atom. The summed E-state index contributed by atoms with van der Waals surface area (Å²) >= 11 is 0. The van der Waals surface area contributed by atoms with Gasteiger partial charge in [0.05, 0.1) is 0 Å². The van der Waals surface area contributed by atoms with Gasteiger partial charge in [-0.2, -0.15) is 0 Å². The molecule has 2 bridgehead atoms. The minimum Gasteiger partial charge on any atom is -0.302 e. The molecule has 1 saturated carbocycles. The molecule has 2 nitrogen and oxygen atoms in total. The summed E-state index contributed by atoms with van der Waals surface area (Å²) in [5, 5.41) is 0. The summed E-state index contributed by atoms with van der Waals surface area (Å²) in [5.74, 6) is 1.94. The fourth-order valence-electron chi connectivity index (χ4n) is 3.31. The minimum absolute atomic E-state index is 0.856. The van der Waals surface area contributed by atoms with Crippen molar-refractivity contribution in [3.8, 4) is 0 Å². The molecule has 1 aromatic carbocycles. The van der Waals surface area contributed by atoms with Crippen LogP contribution >= 0.6 is 0 Å².